The highest BCUT2D eigenvalue weighted by Crippen LogP contribution is 2.40. The molecule has 0 aliphatic rings. The van der Waals surface area contributed by atoms with Crippen molar-refractivity contribution in [2.45, 2.75) is 0 Å². The molecule has 0 amide bonds. The zero-order valence-electron chi connectivity index (χ0n) is 27.0. The molecule has 10 aromatic rings. The molecule has 4 heterocycles. The van der Waals surface area contributed by atoms with E-state index in [2.05, 4.69) is 137 Å². The maximum absolute atomic E-state index is 5.23. The Morgan fingerprint density at radius 1 is 0.400 bits per heavy atom. The van der Waals surface area contributed by atoms with E-state index in [1.165, 1.54) is 21.8 Å². The Kier molecular flexibility index (Phi) is 6.42. The molecule has 5 heteroatoms. The molecule has 6 aromatic carbocycles. The van der Waals surface area contributed by atoms with Crippen LogP contribution in [0.4, 0.5) is 0 Å². The van der Waals surface area contributed by atoms with Gasteiger partial charge in [-0.3, -0.25) is 9.55 Å². The smallest absolute Gasteiger partial charge is 0.235 e. The summed E-state index contributed by atoms with van der Waals surface area (Å²) in [5, 5.41) is 3.50. The Morgan fingerprint density at radius 3 is 1.78 bits per heavy atom. The zero-order chi connectivity index (χ0) is 33.0. The van der Waals surface area contributed by atoms with Gasteiger partial charge in [0.05, 0.1) is 39.0 Å². The number of hydrogen-bond acceptors (Lipinski definition) is 3. The van der Waals surface area contributed by atoms with Crippen molar-refractivity contribution in [1.82, 2.24) is 24.1 Å². The second-order valence-electron chi connectivity index (χ2n) is 12.5. The Morgan fingerprint density at radius 2 is 1.04 bits per heavy atom. The summed E-state index contributed by atoms with van der Waals surface area (Å²) < 4.78 is 4.56. The zero-order valence-corrected chi connectivity index (χ0v) is 27.0. The summed E-state index contributed by atoms with van der Waals surface area (Å²) in [7, 11) is 0. The van der Waals surface area contributed by atoms with Crippen molar-refractivity contribution in [2.75, 3.05) is 0 Å². The molecule has 234 valence electrons. The van der Waals surface area contributed by atoms with E-state index in [1.54, 1.807) is 0 Å². The van der Waals surface area contributed by atoms with Crippen LogP contribution in [0.3, 0.4) is 0 Å². The van der Waals surface area contributed by atoms with Gasteiger partial charge in [0.2, 0.25) is 5.95 Å². The third kappa shape index (κ3) is 4.45. The molecule has 0 aliphatic heterocycles. The van der Waals surface area contributed by atoms with Crippen LogP contribution in [0.25, 0.3) is 89.0 Å². The van der Waals surface area contributed by atoms with Crippen molar-refractivity contribution in [3.63, 3.8) is 0 Å². The van der Waals surface area contributed by atoms with Crippen LogP contribution in [0, 0.1) is 0 Å². The SMILES string of the molecule is c1ccc(-c2cc(-c3ccccc3)nc(-n3c4cc(-c5cccc6c7ccccc7n(-c7ccccc7)c56)ccc4c4ncccc43)n2)cc1. The van der Waals surface area contributed by atoms with Gasteiger partial charge in [-0.05, 0) is 54.1 Å². The van der Waals surface area contributed by atoms with Crippen LogP contribution in [0.1, 0.15) is 0 Å². The van der Waals surface area contributed by atoms with Crippen LogP contribution in [-0.4, -0.2) is 24.1 Å². The number of rotatable bonds is 5. The minimum absolute atomic E-state index is 0.604. The lowest BCUT2D eigenvalue weighted by molar-refractivity contribution is 0.994. The number of para-hydroxylation sites is 3. The molecule has 0 radical (unpaired) electrons. The van der Waals surface area contributed by atoms with Crippen molar-refractivity contribution in [3.05, 3.63) is 176 Å². The van der Waals surface area contributed by atoms with E-state index in [0.717, 1.165) is 61.3 Å². The van der Waals surface area contributed by atoms with E-state index in [0.29, 0.717) is 5.95 Å². The summed E-state index contributed by atoms with van der Waals surface area (Å²) >= 11 is 0. The number of aromatic nitrogens is 5. The van der Waals surface area contributed by atoms with E-state index >= 15 is 0 Å². The molecule has 0 saturated carbocycles. The van der Waals surface area contributed by atoms with Crippen molar-refractivity contribution in [1.29, 1.82) is 0 Å². The van der Waals surface area contributed by atoms with Crippen molar-refractivity contribution in [3.8, 4) is 45.3 Å². The number of nitrogens with zero attached hydrogens (tertiary/aromatic N) is 5. The second kappa shape index (κ2) is 11.4. The second-order valence-corrected chi connectivity index (χ2v) is 12.5. The van der Waals surface area contributed by atoms with Gasteiger partial charge in [0.25, 0.3) is 0 Å². The Hall–Kier alpha value is -6.85. The van der Waals surface area contributed by atoms with Crippen LogP contribution in [-0.2, 0) is 0 Å². The maximum Gasteiger partial charge on any atom is 0.235 e. The van der Waals surface area contributed by atoms with E-state index in [-0.39, 0.29) is 0 Å². The van der Waals surface area contributed by atoms with Gasteiger partial charge >= 0.3 is 0 Å². The molecule has 0 fully saturated rings. The standard InChI is InChI=1S/C45H29N5/c1-4-14-30(15-5-1)38-29-39(31-16-6-2-7-17-31)48-45(47-38)50-41-24-13-27-46-43(41)37-26-25-32(28-42(37)50)34-21-12-22-36-35-20-10-11-23-40(35)49(44(34)36)33-18-8-3-9-19-33/h1-29H. The molecule has 5 nitrogen and oxygen atoms in total. The molecule has 0 atom stereocenters. The highest BCUT2D eigenvalue weighted by molar-refractivity contribution is 6.15. The van der Waals surface area contributed by atoms with Crippen LogP contribution in [0.15, 0.2) is 176 Å². The predicted octanol–water partition coefficient (Wildman–Crippen LogP) is 11.1. The Bertz CT molecular complexity index is 2800. The first-order valence-corrected chi connectivity index (χ1v) is 16.8. The Labute approximate surface area is 288 Å². The minimum Gasteiger partial charge on any atom is -0.309 e. The maximum atomic E-state index is 5.23. The van der Waals surface area contributed by atoms with Crippen molar-refractivity contribution >= 4 is 43.7 Å². The third-order valence-corrected chi connectivity index (χ3v) is 9.59. The summed E-state index contributed by atoms with van der Waals surface area (Å²) in [6, 6.07) is 59.4. The van der Waals surface area contributed by atoms with Gasteiger partial charge in [-0.15, -0.1) is 0 Å². The molecule has 0 bridgehead atoms. The largest absolute Gasteiger partial charge is 0.309 e. The first-order valence-electron chi connectivity index (χ1n) is 16.8. The van der Waals surface area contributed by atoms with Crippen LogP contribution < -0.4 is 0 Å². The number of pyridine rings is 1. The summed E-state index contributed by atoms with van der Waals surface area (Å²) in [5.41, 5.74) is 12.4. The minimum atomic E-state index is 0.604. The molecular weight excluding hydrogens is 611 g/mol. The average molecular weight is 640 g/mol. The first-order chi connectivity index (χ1) is 24.8. The van der Waals surface area contributed by atoms with Gasteiger partial charge < -0.3 is 4.57 Å². The van der Waals surface area contributed by atoms with Gasteiger partial charge in [0, 0.05) is 44.7 Å². The van der Waals surface area contributed by atoms with E-state index in [1.807, 2.05) is 48.7 Å². The lowest BCUT2D eigenvalue weighted by Crippen LogP contribution is -2.04. The van der Waals surface area contributed by atoms with Crippen molar-refractivity contribution in [2.24, 2.45) is 0 Å². The molecule has 50 heavy (non-hydrogen) atoms. The fourth-order valence-corrected chi connectivity index (χ4v) is 7.36. The molecule has 0 spiro atoms. The van der Waals surface area contributed by atoms with Gasteiger partial charge in [-0.2, -0.15) is 0 Å². The number of hydrogen-bond donors (Lipinski definition) is 0. The van der Waals surface area contributed by atoms with Gasteiger partial charge in [-0.1, -0.05) is 121 Å². The highest BCUT2D eigenvalue weighted by Gasteiger charge is 2.20. The molecule has 4 aromatic heterocycles. The molecule has 0 N–H and O–H groups in total. The topological polar surface area (TPSA) is 48.5 Å². The van der Waals surface area contributed by atoms with Gasteiger partial charge in [-0.25, -0.2) is 9.97 Å². The summed E-state index contributed by atoms with van der Waals surface area (Å²) in [6.07, 6.45) is 1.86. The fraction of sp³-hybridized carbons (Fsp3) is 0. The van der Waals surface area contributed by atoms with Crippen LogP contribution in [0.5, 0.6) is 0 Å². The first kappa shape index (κ1) is 28.2. The molecule has 0 aliphatic carbocycles. The quantitative estimate of drug-likeness (QED) is 0.188. The number of benzene rings is 6. The third-order valence-electron chi connectivity index (χ3n) is 9.59. The van der Waals surface area contributed by atoms with E-state index in [4.69, 9.17) is 15.0 Å². The number of fused-ring (bicyclic) bond motifs is 6. The van der Waals surface area contributed by atoms with E-state index < -0.39 is 0 Å². The van der Waals surface area contributed by atoms with Crippen LogP contribution >= 0.6 is 0 Å². The molecular formula is C45H29N5. The summed E-state index contributed by atoms with van der Waals surface area (Å²) in [4.78, 5) is 15.3. The molecule has 0 unspecified atom stereocenters. The predicted molar refractivity (Wildman–Crippen MR) is 205 cm³/mol. The Balaban J connectivity index is 1.27. The van der Waals surface area contributed by atoms with Gasteiger partial charge in [0.1, 0.15) is 0 Å². The fourth-order valence-electron chi connectivity index (χ4n) is 7.36. The average Bonchev–Trinajstić information content (AvgIpc) is 3.71. The molecule has 10 rings (SSSR count). The highest BCUT2D eigenvalue weighted by atomic mass is 15.2. The normalized spacial score (nSPS) is 11.6. The monoisotopic (exact) mass is 639 g/mol. The van der Waals surface area contributed by atoms with E-state index in [9.17, 15) is 0 Å². The van der Waals surface area contributed by atoms with Crippen molar-refractivity contribution < 1.29 is 0 Å². The summed E-state index contributed by atoms with van der Waals surface area (Å²) in [6.45, 7) is 0. The van der Waals surface area contributed by atoms with Crippen LogP contribution in [0.2, 0.25) is 0 Å². The molecule has 0 saturated heterocycles. The lowest BCUT2D eigenvalue weighted by atomic mass is 10.0. The lowest BCUT2D eigenvalue weighted by Gasteiger charge is -2.13. The summed E-state index contributed by atoms with van der Waals surface area (Å²) in [5.74, 6) is 0.604. The van der Waals surface area contributed by atoms with Gasteiger partial charge in [0.15, 0.2) is 0 Å².